The zero-order valence-corrected chi connectivity index (χ0v) is 9.97. The summed E-state index contributed by atoms with van der Waals surface area (Å²) in [6, 6.07) is 1.29. The average Bonchev–Trinajstić information content (AvgIpc) is 2.79. The van der Waals surface area contributed by atoms with Crippen LogP contribution in [0.2, 0.25) is 0 Å². The van der Waals surface area contributed by atoms with E-state index in [4.69, 9.17) is 5.73 Å². The van der Waals surface area contributed by atoms with Crippen molar-refractivity contribution in [2.75, 3.05) is 24.1 Å². The Balaban J connectivity index is 1.60. The molecule has 0 amide bonds. The van der Waals surface area contributed by atoms with E-state index in [1.165, 1.54) is 38.8 Å². The average molecular weight is 233 g/mol. The molecule has 17 heavy (non-hydrogen) atoms. The first-order valence-corrected chi connectivity index (χ1v) is 6.39. The molecule has 2 aliphatic rings. The molecule has 2 aliphatic heterocycles. The van der Waals surface area contributed by atoms with Crippen LogP contribution in [-0.2, 0) is 0 Å². The maximum atomic E-state index is 5.57. The minimum absolute atomic E-state index is 0.512. The SMILES string of the molecule is Nc1cnc(NC2CCN3CCCC3C2)nc1. The number of nitrogens with two attached hydrogens (primary N) is 1. The van der Waals surface area contributed by atoms with Gasteiger partial charge >= 0.3 is 0 Å². The summed E-state index contributed by atoms with van der Waals surface area (Å²) in [6.07, 6.45) is 8.41. The van der Waals surface area contributed by atoms with Crippen molar-refractivity contribution >= 4 is 11.6 Å². The van der Waals surface area contributed by atoms with Crippen LogP contribution in [0, 0.1) is 0 Å². The largest absolute Gasteiger partial charge is 0.396 e. The second-order valence-corrected chi connectivity index (χ2v) is 5.04. The molecule has 92 valence electrons. The van der Waals surface area contributed by atoms with Gasteiger partial charge in [0.1, 0.15) is 0 Å². The van der Waals surface area contributed by atoms with Gasteiger partial charge < -0.3 is 16.0 Å². The van der Waals surface area contributed by atoms with Crippen molar-refractivity contribution in [3.05, 3.63) is 12.4 Å². The molecule has 0 bridgehead atoms. The first kappa shape index (κ1) is 10.8. The fraction of sp³-hybridized carbons (Fsp3) is 0.667. The van der Waals surface area contributed by atoms with Crippen molar-refractivity contribution in [1.82, 2.24) is 14.9 Å². The minimum atomic E-state index is 0.512. The Morgan fingerprint density at radius 3 is 2.88 bits per heavy atom. The lowest BCUT2D eigenvalue weighted by atomic mass is 9.98. The molecule has 3 rings (SSSR count). The predicted molar refractivity (Wildman–Crippen MR) is 67.7 cm³/mol. The van der Waals surface area contributed by atoms with E-state index in [9.17, 15) is 0 Å². The van der Waals surface area contributed by atoms with Crippen molar-refractivity contribution in [3.63, 3.8) is 0 Å². The van der Waals surface area contributed by atoms with Crippen LogP contribution in [-0.4, -0.2) is 40.0 Å². The van der Waals surface area contributed by atoms with Crippen molar-refractivity contribution in [2.45, 2.75) is 37.8 Å². The molecule has 0 radical (unpaired) electrons. The Morgan fingerprint density at radius 2 is 2.06 bits per heavy atom. The van der Waals surface area contributed by atoms with Crippen LogP contribution in [0.3, 0.4) is 0 Å². The Morgan fingerprint density at radius 1 is 1.24 bits per heavy atom. The van der Waals surface area contributed by atoms with Crippen LogP contribution in [0.25, 0.3) is 0 Å². The first-order valence-electron chi connectivity index (χ1n) is 6.39. The normalized spacial score (nSPS) is 28.9. The Hall–Kier alpha value is -1.36. The molecular weight excluding hydrogens is 214 g/mol. The molecule has 3 N–H and O–H groups in total. The number of nitrogens with one attached hydrogen (secondary N) is 1. The smallest absolute Gasteiger partial charge is 0.222 e. The number of fused-ring (bicyclic) bond motifs is 1. The molecule has 2 fully saturated rings. The highest BCUT2D eigenvalue weighted by molar-refractivity contribution is 5.36. The van der Waals surface area contributed by atoms with E-state index in [-0.39, 0.29) is 0 Å². The molecule has 2 saturated heterocycles. The molecule has 5 nitrogen and oxygen atoms in total. The van der Waals surface area contributed by atoms with E-state index in [1.54, 1.807) is 12.4 Å². The van der Waals surface area contributed by atoms with Gasteiger partial charge in [0.25, 0.3) is 0 Å². The van der Waals surface area contributed by atoms with Crippen molar-refractivity contribution < 1.29 is 0 Å². The summed E-state index contributed by atoms with van der Waals surface area (Å²) in [5.74, 6) is 0.704. The quantitative estimate of drug-likeness (QED) is 0.800. The molecule has 0 aromatic carbocycles. The van der Waals surface area contributed by atoms with Crippen molar-refractivity contribution in [2.24, 2.45) is 0 Å². The summed E-state index contributed by atoms with van der Waals surface area (Å²) in [7, 11) is 0. The van der Waals surface area contributed by atoms with Gasteiger partial charge in [-0.25, -0.2) is 9.97 Å². The van der Waals surface area contributed by atoms with E-state index >= 15 is 0 Å². The third-order valence-corrected chi connectivity index (χ3v) is 3.83. The highest BCUT2D eigenvalue weighted by Gasteiger charge is 2.31. The lowest BCUT2D eigenvalue weighted by molar-refractivity contribution is 0.188. The lowest BCUT2D eigenvalue weighted by Gasteiger charge is -2.35. The van der Waals surface area contributed by atoms with Gasteiger partial charge in [0.05, 0.1) is 18.1 Å². The van der Waals surface area contributed by atoms with Gasteiger partial charge in [0, 0.05) is 18.6 Å². The van der Waals surface area contributed by atoms with Crippen molar-refractivity contribution in [3.8, 4) is 0 Å². The zero-order valence-electron chi connectivity index (χ0n) is 9.97. The predicted octanol–water partition coefficient (Wildman–Crippen LogP) is 1.10. The number of aromatic nitrogens is 2. The maximum absolute atomic E-state index is 5.57. The summed E-state index contributed by atoms with van der Waals surface area (Å²) >= 11 is 0. The lowest BCUT2D eigenvalue weighted by Crippen LogP contribution is -2.42. The Bertz CT molecular complexity index is 377. The topological polar surface area (TPSA) is 67.1 Å². The van der Waals surface area contributed by atoms with Gasteiger partial charge in [-0.2, -0.15) is 0 Å². The van der Waals surface area contributed by atoms with Gasteiger partial charge in [0.15, 0.2) is 0 Å². The minimum Gasteiger partial charge on any atom is -0.396 e. The molecular formula is C12H19N5. The maximum Gasteiger partial charge on any atom is 0.222 e. The summed E-state index contributed by atoms with van der Waals surface area (Å²) in [6.45, 7) is 2.49. The number of hydrogen-bond acceptors (Lipinski definition) is 5. The molecule has 2 atom stereocenters. The first-order chi connectivity index (χ1) is 8.31. The number of nitrogen functional groups attached to an aromatic ring is 1. The second-order valence-electron chi connectivity index (χ2n) is 5.04. The third-order valence-electron chi connectivity index (χ3n) is 3.83. The van der Waals surface area contributed by atoms with Crippen LogP contribution in [0.4, 0.5) is 11.6 Å². The molecule has 5 heteroatoms. The van der Waals surface area contributed by atoms with E-state index in [0.29, 0.717) is 17.7 Å². The fourth-order valence-electron chi connectivity index (χ4n) is 2.95. The van der Waals surface area contributed by atoms with Crippen LogP contribution >= 0.6 is 0 Å². The summed E-state index contributed by atoms with van der Waals surface area (Å²) < 4.78 is 0. The summed E-state index contributed by atoms with van der Waals surface area (Å²) in [5.41, 5.74) is 6.18. The van der Waals surface area contributed by atoms with Crippen LogP contribution in [0.1, 0.15) is 25.7 Å². The highest BCUT2D eigenvalue weighted by atomic mass is 15.2. The molecule has 0 spiro atoms. The fourth-order valence-corrected chi connectivity index (χ4v) is 2.95. The standard InChI is InChI=1S/C12H19N5/c13-9-7-14-12(15-8-9)16-10-3-5-17-4-1-2-11(17)6-10/h7-8,10-11H,1-6,13H2,(H,14,15,16). The number of piperidine rings is 1. The molecule has 0 saturated carbocycles. The van der Waals surface area contributed by atoms with Crippen molar-refractivity contribution in [1.29, 1.82) is 0 Å². The third kappa shape index (κ3) is 2.34. The van der Waals surface area contributed by atoms with Crippen LogP contribution in [0.5, 0.6) is 0 Å². The Labute approximate surface area is 101 Å². The van der Waals surface area contributed by atoms with E-state index in [2.05, 4.69) is 20.2 Å². The summed E-state index contributed by atoms with van der Waals surface area (Å²) in [5, 5.41) is 3.42. The van der Waals surface area contributed by atoms with E-state index in [1.807, 2.05) is 0 Å². The number of rotatable bonds is 2. The Kier molecular flexibility index (Phi) is 2.84. The molecule has 1 aromatic heterocycles. The summed E-state index contributed by atoms with van der Waals surface area (Å²) in [4.78, 5) is 11.0. The van der Waals surface area contributed by atoms with Gasteiger partial charge in [0.2, 0.25) is 5.95 Å². The highest BCUT2D eigenvalue weighted by Crippen LogP contribution is 2.27. The van der Waals surface area contributed by atoms with Crippen LogP contribution in [0.15, 0.2) is 12.4 Å². The van der Waals surface area contributed by atoms with Gasteiger partial charge in [-0.15, -0.1) is 0 Å². The zero-order chi connectivity index (χ0) is 11.7. The van der Waals surface area contributed by atoms with Crippen LogP contribution < -0.4 is 11.1 Å². The monoisotopic (exact) mass is 233 g/mol. The number of nitrogens with zero attached hydrogens (tertiary/aromatic N) is 3. The second kappa shape index (κ2) is 4.49. The van der Waals surface area contributed by atoms with Gasteiger partial charge in [-0.05, 0) is 32.2 Å². The molecule has 1 aromatic rings. The van der Waals surface area contributed by atoms with Gasteiger partial charge in [-0.1, -0.05) is 0 Å². The molecule has 2 unspecified atom stereocenters. The number of anilines is 2. The van der Waals surface area contributed by atoms with Gasteiger partial charge in [-0.3, -0.25) is 0 Å². The van der Waals surface area contributed by atoms with E-state index in [0.717, 1.165) is 6.04 Å². The molecule has 0 aliphatic carbocycles. The number of hydrogen-bond donors (Lipinski definition) is 2. The van der Waals surface area contributed by atoms with E-state index < -0.39 is 0 Å². The molecule has 3 heterocycles.